The Bertz CT molecular complexity index is 1060. The first-order valence-electron chi connectivity index (χ1n) is 8.26. The molecule has 2 aromatic rings. The number of ether oxygens (including phenoxy) is 1. The van der Waals surface area contributed by atoms with E-state index in [9.17, 15) is 14.2 Å². The summed E-state index contributed by atoms with van der Waals surface area (Å²) in [5.41, 5.74) is 0.157. The second-order valence-corrected chi connectivity index (χ2v) is 7.74. The molecule has 2 aliphatic heterocycles. The van der Waals surface area contributed by atoms with Gasteiger partial charge in [0.2, 0.25) is 0 Å². The second kappa shape index (κ2) is 6.94. The fourth-order valence-corrected chi connectivity index (χ4v) is 3.98. The first kappa shape index (κ1) is 17.9. The van der Waals surface area contributed by atoms with Gasteiger partial charge in [0.15, 0.2) is 6.23 Å². The molecule has 0 saturated heterocycles. The van der Waals surface area contributed by atoms with Crippen LogP contribution in [-0.4, -0.2) is 22.3 Å². The van der Waals surface area contributed by atoms with E-state index in [0.29, 0.717) is 11.3 Å². The van der Waals surface area contributed by atoms with Gasteiger partial charge in [0.1, 0.15) is 11.9 Å². The van der Waals surface area contributed by atoms with E-state index in [4.69, 9.17) is 18.3 Å². The molecule has 1 aromatic carbocycles. The number of phosphoric ester groups is 1. The average Bonchev–Trinajstić information content (AvgIpc) is 3.12. The number of rotatable bonds is 4. The number of hydrogen-bond donors (Lipinski definition) is 1. The minimum atomic E-state index is -3.74. The molecule has 3 atom stereocenters. The molecule has 9 nitrogen and oxygen atoms in total. The summed E-state index contributed by atoms with van der Waals surface area (Å²) in [6, 6.07) is 7.11. The first-order valence-corrected chi connectivity index (χ1v) is 9.72. The van der Waals surface area contributed by atoms with E-state index in [1.54, 1.807) is 31.2 Å². The number of aromatic nitrogens is 2. The number of para-hydroxylation sites is 1. The average molecular weight is 392 g/mol. The maximum atomic E-state index is 12.6. The monoisotopic (exact) mass is 392 g/mol. The van der Waals surface area contributed by atoms with Crippen LogP contribution in [0.1, 0.15) is 17.4 Å². The smallest absolute Gasteiger partial charge is 0.404 e. The fourth-order valence-electron chi connectivity index (χ4n) is 2.75. The van der Waals surface area contributed by atoms with E-state index in [0.717, 1.165) is 5.56 Å². The molecule has 0 radical (unpaired) electrons. The van der Waals surface area contributed by atoms with Crippen molar-refractivity contribution < 1.29 is 22.9 Å². The molecule has 0 amide bonds. The molecular formula is C17H17N2O7P. The Balaban J connectivity index is 1.39. The molecule has 1 N–H and O–H groups in total. The van der Waals surface area contributed by atoms with Gasteiger partial charge in [0.05, 0.1) is 13.2 Å². The summed E-state index contributed by atoms with van der Waals surface area (Å²) in [4.78, 5) is 25.6. The van der Waals surface area contributed by atoms with E-state index in [2.05, 4.69) is 4.98 Å². The molecule has 142 valence electrons. The van der Waals surface area contributed by atoms with Gasteiger partial charge in [0, 0.05) is 17.3 Å². The van der Waals surface area contributed by atoms with Crippen LogP contribution in [0.5, 0.6) is 5.75 Å². The maximum absolute atomic E-state index is 12.6. The molecule has 4 rings (SSSR count). The van der Waals surface area contributed by atoms with Crippen molar-refractivity contribution in [1.29, 1.82) is 0 Å². The number of H-pyrrole nitrogens is 1. The Morgan fingerprint density at radius 2 is 2.11 bits per heavy atom. The number of nitrogens with zero attached hydrogens (tertiary/aromatic N) is 1. The lowest BCUT2D eigenvalue weighted by Crippen LogP contribution is -2.33. The van der Waals surface area contributed by atoms with Gasteiger partial charge >= 0.3 is 13.5 Å². The van der Waals surface area contributed by atoms with Crippen LogP contribution in [0.2, 0.25) is 0 Å². The van der Waals surface area contributed by atoms with Gasteiger partial charge < -0.3 is 9.26 Å². The summed E-state index contributed by atoms with van der Waals surface area (Å²) in [6.45, 7) is 1.64. The summed E-state index contributed by atoms with van der Waals surface area (Å²) in [5, 5.41) is 0. The van der Waals surface area contributed by atoms with Gasteiger partial charge in [-0.1, -0.05) is 24.3 Å². The lowest BCUT2D eigenvalue weighted by molar-refractivity contribution is -0.0130. The summed E-state index contributed by atoms with van der Waals surface area (Å²) in [6.07, 6.45) is 3.51. The van der Waals surface area contributed by atoms with Crippen LogP contribution in [0.15, 0.2) is 52.2 Å². The van der Waals surface area contributed by atoms with Crippen LogP contribution < -0.4 is 15.8 Å². The molecule has 0 unspecified atom stereocenters. The standard InChI is InChI=1S/C17H17N2O7P/c1-11-8-19(17(21)18-16(11)20)15-7-6-13(25-15)10-24-27(22)23-9-12-4-2-3-5-14(12)26-27/h2-8,13,15H,9-10H2,1H3,(H,18,20,21)/t13-,15+,27-/m0/s1. The lowest BCUT2D eigenvalue weighted by Gasteiger charge is -2.25. The van der Waals surface area contributed by atoms with Crippen LogP contribution in [-0.2, 0) is 25.0 Å². The van der Waals surface area contributed by atoms with Crippen molar-refractivity contribution in [3.63, 3.8) is 0 Å². The van der Waals surface area contributed by atoms with Crippen molar-refractivity contribution in [3.8, 4) is 5.75 Å². The summed E-state index contributed by atoms with van der Waals surface area (Å²) in [5.74, 6) is 0.461. The topological polar surface area (TPSA) is 109 Å². The van der Waals surface area contributed by atoms with Gasteiger partial charge in [-0.3, -0.25) is 23.4 Å². The zero-order valence-corrected chi connectivity index (χ0v) is 15.3. The maximum Gasteiger partial charge on any atom is 0.530 e. The molecule has 27 heavy (non-hydrogen) atoms. The number of nitrogens with one attached hydrogen (secondary N) is 1. The first-order chi connectivity index (χ1) is 12.9. The SMILES string of the molecule is Cc1cn([C@H]2C=C[C@@H](CO[P@]3(=O)OCc4ccccc4O3)O2)c(=O)[nH]c1=O. The molecule has 0 fully saturated rings. The lowest BCUT2D eigenvalue weighted by atomic mass is 10.2. The number of aromatic amines is 1. The summed E-state index contributed by atoms with van der Waals surface area (Å²) < 4.78 is 35.5. The Labute approximate surface area is 153 Å². The number of fused-ring (bicyclic) bond motifs is 1. The third kappa shape index (κ3) is 3.68. The summed E-state index contributed by atoms with van der Waals surface area (Å²) in [7, 11) is -3.74. The Kier molecular flexibility index (Phi) is 4.61. The zero-order chi connectivity index (χ0) is 19.0. The number of aryl methyl sites for hydroxylation is 1. The highest BCUT2D eigenvalue weighted by atomic mass is 31.2. The van der Waals surface area contributed by atoms with Crippen molar-refractivity contribution in [2.75, 3.05) is 6.61 Å². The molecule has 3 heterocycles. The Morgan fingerprint density at radius 3 is 2.96 bits per heavy atom. The number of hydrogen-bond acceptors (Lipinski definition) is 7. The van der Waals surface area contributed by atoms with Gasteiger partial charge in [0.25, 0.3) is 5.56 Å². The molecule has 0 bridgehead atoms. The predicted octanol–water partition coefficient (Wildman–Crippen LogP) is 2.03. The Morgan fingerprint density at radius 1 is 1.30 bits per heavy atom. The zero-order valence-electron chi connectivity index (χ0n) is 14.4. The van der Waals surface area contributed by atoms with Crippen molar-refractivity contribution >= 4 is 7.82 Å². The summed E-state index contributed by atoms with van der Waals surface area (Å²) >= 11 is 0. The van der Waals surface area contributed by atoms with E-state index in [-0.39, 0.29) is 13.2 Å². The van der Waals surface area contributed by atoms with Gasteiger partial charge in [-0.15, -0.1) is 0 Å². The van der Waals surface area contributed by atoms with E-state index in [1.807, 2.05) is 12.1 Å². The molecular weight excluding hydrogens is 375 g/mol. The van der Waals surface area contributed by atoms with Crippen LogP contribution in [0.25, 0.3) is 0 Å². The van der Waals surface area contributed by atoms with E-state index >= 15 is 0 Å². The second-order valence-electron chi connectivity index (χ2n) is 6.14. The molecule has 2 aliphatic rings. The molecule has 10 heteroatoms. The van der Waals surface area contributed by atoms with Crippen molar-refractivity contribution in [1.82, 2.24) is 9.55 Å². The highest BCUT2D eigenvalue weighted by Gasteiger charge is 2.35. The highest BCUT2D eigenvalue weighted by Crippen LogP contribution is 2.54. The molecule has 0 spiro atoms. The third-order valence-electron chi connectivity index (χ3n) is 4.18. The predicted molar refractivity (Wildman–Crippen MR) is 94.5 cm³/mol. The third-order valence-corrected chi connectivity index (χ3v) is 5.51. The highest BCUT2D eigenvalue weighted by molar-refractivity contribution is 7.49. The fraction of sp³-hybridized carbons (Fsp3) is 0.294. The largest absolute Gasteiger partial charge is 0.530 e. The quantitative estimate of drug-likeness (QED) is 0.626. The van der Waals surface area contributed by atoms with Crippen molar-refractivity contribution in [2.45, 2.75) is 25.9 Å². The van der Waals surface area contributed by atoms with Crippen molar-refractivity contribution in [2.24, 2.45) is 0 Å². The van der Waals surface area contributed by atoms with E-state index in [1.165, 1.54) is 10.8 Å². The Hall–Kier alpha value is -2.45. The van der Waals surface area contributed by atoms with Gasteiger partial charge in [-0.25, -0.2) is 9.36 Å². The minimum absolute atomic E-state index is 0.0798. The van der Waals surface area contributed by atoms with Gasteiger partial charge in [-0.05, 0) is 19.1 Å². The number of benzene rings is 1. The van der Waals surface area contributed by atoms with E-state index < -0.39 is 31.4 Å². The van der Waals surface area contributed by atoms with Crippen LogP contribution in [0.4, 0.5) is 0 Å². The van der Waals surface area contributed by atoms with Gasteiger partial charge in [-0.2, -0.15) is 0 Å². The minimum Gasteiger partial charge on any atom is -0.404 e. The van der Waals surface area contributed by atoms with Crippen LogP contribution in [0.3, 0.4) is 0 Å². The van der Waals surface area contributed by atoms with Crippen LogP contribution >= 0.6 is 7.82 Å². The molecule has 1 aromatic heterocycles. The van der Waals surface area contributed by atoms with Crippen LogP contribution in [0, 0.1) is 6.92 Å². The normalized spacial score (nSPS) is 26.6. The van der Waals surface area contributed by atoms with Crippen molar-refractivity contribution in [3.05, 3.63) is 74.6 Å². The molecule has 0 aliphatic carbocycles. The molecule has 0 saturated carbocycles. The number of phosphoric acid groups is 1.